The second kappa shape index (κ2) is 7.33. The van der Waals surface area contributed by atoms with Crippen LogP contribution in [0.2, 0.25) is 0 Å². The topological polar surface area (TPSA) is 279 Å². The van der Waals surface area contributed by atoms with E-state index in [-0.39, 0.29) is 22.8 Å². The minimum Gasteiger partial charge on any atom is -0.387 e. The van der Waals surface area contributed by atoms with Crippen molar-refractivity contribution in [1.82, 2.24) is 19.5 Å². The molecule has 2 bridgehead atoms. The van der Waals surface area contributed by atoms with Crippen LogP contribution in [-0.2, 0) is 31.6 Å². The molecule has 21 heteroatoms. The lowest BCUT2D eigenvalue weighted by molar-refractivity contribution is -0.110. The maximum absolute atomic E-state index is 12.3. The fraction of sp³-hybridized carbons (Fsp3) is 0.500. The van der Waals surface area contributed by atoms with Gasteiger partial charge in [-0.25, -0.2) is 28.6 Å². The average Bonchev–Trinajstić information content (AvgIpc) is 3.09. The first-order valence-corrected chi connectivity index (χ1v) is 12.5. The van der Waals surface area contributed by atoms with Crippen LogP contribution in [-0.4, -0.2) is 67.6 Å². The highest BCUT2D eigenvalue weighted by Crippen LogP contribution is 2.68. The summed E-state index contributed by atoms with van der Waals surface area (Å²) in [5.74, 6) is -0.338. The summed E-state index contributed by atoms with van der Waals surface area (Å²) in [6.07, 6.45) is -6.72. The molecule has 0 aliphatic carbocycles. The molecule has 4 heterocycles. The molecule has 2 aliphatic heterocycles. The van der Waals surface area contributed by atoms with E-state index in [0.29, 0.717) is 0 Å². The van der Waals surface area contributed by atoms with Gasteiger partial charge in [-0.3, -0.25) is 9.09 Å². The number of aromatic nitrogens is 4. The van der Waals surface area contributed by atoms with Crippen molar-refractivity contribution < 1.29 is 61.4 Å². The summed E-state index contributed by atoms with van der Waals surface area (Å²) in [6, 6.07) is 0. The van der Waals surface area contributed by atoms with Crippen LogP contribution in [0.4, 0.5) is 5.82 Å². The summed E-state index contributed by atoms with van der Waals surface area (Å²) in [4.78, 5) is 48.2. The summed E-state index contributed by atoms with van der Waals surface area (Å²) in [5, 5.41) is 20.5. The van der Waals surface area contributed by atoms with Crippen molar-refractivity contribution in [3.8, 4) is 0 Å². The molecule has 4 rings (SSSR count). The van der Waals surface area contributed by atoms with Gasteiger partial charge >= 0.3 is 23.5 Å². The first kappa shape index (κ1) is 22.8. The molecule has 7 unspecified atom stereocenters. The zero-order chi connectivity index (χ0) is 22.9. The molecule has 0 radical (unpaired) electrons. The number of nitrogens with zero attached hydrogens (tertiary/aromatic N) is 4. The standard InChI is InChI=1S/C10H14N5O13P3/c11-7-2-8(13-1-12-7)15-9(14-2)6(5-3(16)4(17)10(15)25-5)26-30(21,22)28-31(23,24)27-29(18,19)20/h1,3-6,10,16-17H,(H,21,22)(H,23,24)(H2,11,12,13)(H2,18,19,20). The molecule has 1 fully saturated rings. The van der Waals surface area contributed by atoms with E-state index in [9.17, 15) is 33.7 Å². The molecular formula is C10H14N5O13P3. The molecule has 2 aromatic rings. The molecule has 2 aliphatic rings. The van der Waals surface area contributed by atoms with Gasteiger partial charge in [0.2, 0.25) is 0 Å². The molecule has 1 saturated heterocycles. The average molecular weight is 505 g/mol. The van der Waals surface area contributed by atoms with Crippen molar-refractivity contribution in [2.24, 2.45) is 0 Å². The number of nitrogen functional groups attached to an aromatic ring is 1. The Bertz CT molecular complexity index is 1180. The lowest BCUT2D eigenvalue weighted by atomic mass is 10.1. The summed E-state index contributed by atoms with van der Waals surface area (Å²) in [5.41, 5.74) is 5.74. The van der Waals surface area contributed by atoms with Crippen LogP contribution in [0, 0.1) is 0 Å². The lowest BCUT2D eigenvalue weighted by Crippen LogP contribution is -2.35. The largest absolute Gasteiger partial charge is 0.490 e. The van der Waals surface area contributed by atoms with Crippen molar-refractivity contribution in [3.63, 3.8) is 0 Å². The third-order valence-corrected chi connectivity index (χ3v) is 8.10. The predicted molar refractivity (Wildman–Crippen MR) is 93.3 cm³/mol. The van der Waals surface area contributed by atoms with E-state index in [4.69, 9.17) is 24.8 Å². The Hall–Kier alpha value is -1.36. The van der Waals surface area contributed by atoms with Crippen molar-refractivity contribution in [2.75, 3.05) is 5.73 Å². The normalized spacial score (nSPS) is 31.9. The Morgan fingerprint density at radius 1 is 1.03 bits per heavy atom. The van der Waals surface area contributed by atoms with E-state index < -0.39 is 54.1 Å². The van der Waals surface area contributed by atoms with Crippen molar-refractivity contribution in [2.45, 2.75) is 30.6 Å². The number of ether oxygens (including phenoxy) is 1. The van der Waals surface area contributed by atoms with E-state index >= 15 is 0 Å². The second-order valence-corrected chi connectivity index (χ2v) is 10.7. The first-order chi connectivity index (χ1) is 14.2. The van der Waals surface area contributed by atoms with E-state index in [2.05, 4.69) is 23.6 Å². The SMILES string of the molecule is Nc1ncnc2c1nc1n2C2OC(C1OP(=O)(O)OP(=O)(O)OP(=O)(O)O)C(O)C2O. The van der Waals surface area contributed by atoms with E-state index in [1.165, 1.54) is 0 Å². The maximum Gasteiger partial charge on any atom is 0.490 e. The Morgan fingerprint density at radius 3 is 2.35 bits per heavy atom. The number of aliphatic hydroxyl groups excluding tert-OH is 2. The summed E-state index contributed by atoms with van der Waals surface area (Å²) in [7, 11) is -17.0. The molecule has 18 nitrogen and oxygen atoms in total. The quantitative estimate of drug-likeness (QED) is 0.218. The van der Waals surface area contributed by atoms with E-state index in [1.54, 1.807) is 0 Å². The molecule has 0 saturated carbocycles. The number of rotatable bonds is 6. The minimum absolute atomic E-state index is 0.00436. The van der Waals surface area contributed by atoms with Gasteiger partial charge in [-0.1, -0.05) is 0 Å². The maximum atomic E-state index is 12.3. The number of phosphoric acid groups is 3. The highest BCUT2D eigenvalue weighted by atomic mass is 31.3. The predicted octanol–water partition coefficient (Wildman–Crippen LogP) is -1.57. The highest BCUT2D eigenvalue weighted by Gasteiger charge is 2.57. The smallest absolute Gasteiger partial charge is 0.387 e. The first-order valence-electron chi connectivity index (χ1n) is 8.01. The van der Waals surface area contributed by atoms with Gasteiger partial charge in [-0.15, -0.1) is 0 Å². The van der Waals surface area contributed by atoms with Crippen LogP contribution >= 0.6 is 23.5 Å². The Labute approximate surface area is 170 Å². The zero-order valence-corrected chi connectivity index (χ0v) is 17.4. The van der Waals surface area contributed by atoms with Gasteiger partial charge in [0.1, 0.15) is 30.5 Å². The summed E-state index contributed by atoms with van der Waals surface area (Å²) in [6.45, 7) is 0. The van der Waals surface area contributed by atoms with E-state index in [0.717, 1.165) is 10.9 Å². The monoisotopic (exact) mass is 505 g/mol. The van der Waals surface area contributed by atoms with Crippen LogP contribution in [0.5, 0.6) is 0 Å². The third kappa shape index (κ3) is 4.19. The van der Waals surface area contributed by atoms with Gasteiger partial charge < -0.3 is 40.3 Å². The number of hydrogen-bond donors (Lipinski definition) is 7. The summed E-state index contributed by atoms with van der Waals surface area (Å²) >= 11 is 0. The van der Waals surface area contributed by atoms with Crippen LogP contribution in [0.25, 0.3) is 11.2 Å². The van der Waals surface area contributed by atoms with Crippen LogP contribution in [0.3, 0.4) is 0 Å². The van der Waals surface area contributed by atoms with Gasteiger partial charge in [0.05, 0.1) is 0 Å². The number of hydrogen-bond acceptors (Lipinski definition) is 13. The molecule has 8 N–H and O–H groups in total. The van der Waals surface area contributed by atoms with Crippen molar-refractivity contribution in [1.29, 1.82) is 0 Å². The van der Waals surface area contributed by atoms with Crippen LogP contribution in [0.1, 0.15) is 18.2 Å². The molecule has 31 heavy (non-hydrogen) atoms. The Morgan fingerprint density at radius 2 is 1.71 bits per heavy atom. The van der Waals surface area contributed by atoms with Gasteiger partial charge in [0, 0.05) is 0 Å². The fourth-order valence-electron chi connectivity index (χ4n) is 3.24. The minimum atomic E-state index is -5.79. The Kier molecular flexibility index (Phi) is 5.39. The van der Waals surface area contributed by atoms with Gasteiger partial charge in [-0.05, 0) is 0 Å². The molecule has 0 amide bonds. The third-order valence-electron chi connectivity index (χ3n) is 4.28. The molecule has 0 spiro atoms. The van der Waals surface area contributed by atoms with Gasteiger partial charge in [0.25, 0.3) is 0 Å². The molecule has 0 aromatic carbocycles. The zero-order valence-electron chi connectivity index (χ0n) is 14.7. The fourth-order valence-corrected chi connectivity index (χ4v) is 6.40. The lowest BCUT2D eigenvalue weighted by Gasteiger charge is -2.31. The number of phosphoric ester groups is 1. The Balaban J connectivity index is 1.73. The van der Waals surface area contributed by atoms with Gasteiger partial charge in [0.15, 0.2) is 29.3 Å². The van der Waals surface area contributed by atoms with Crippen LogP contribution < -0.4 is 5.73 Å². The number of aliphatic hydroxyl groups is 2. The van der Waals surface area contributed by atoms with Gasteiger partial charge in [-0.2, -0.15) is 8.62 Å². The number of anilines is 1. The second-order valence-electron chi connectivity index (χ2n) is 6.36. The number of imidazole rings is 1. The molecule has 7 atom stereocenters. The summed E-state index contributed by atoms with van der Waals surface area (Å²) < 4.78 is 53.4. The van der Waals surface area contributed by atoms with Crippen LogP contribution in [0.15, 0.2) is 6.33 Å². The number of fused-ring (bicyclic) bond motifs is 6. The van der Waals surface area contributed by atoms with Crippen molar-refractivity contribution >= 4 is 40.4 Å². The van der Waals surface area contributed by atoms with E-state index in [1.807, 2.05) is 0 Å². The van der Waals surface area contributed by atoms with Crippen molar-refractivity contribution in [3.05, 3.63) is 12.2 Å². The molecule has 172 valence electrons. The molecule has 2 aromatic heterocycles. The highest BCUT2D eigenvalue weighted by molar-refractivity contribution is 7.66. The number of nitrogens with two attached hydrogens (primary N) is 1. The molecular weight excluding hydrogens is 491 g/mol.